The highest BCUT2D eigenvalue weighted by atomic mass is 35.5. The predicted molar refractivity (Wildman–Crippen MR) is 113 cm³/mol. The Labute approximate surface area is 174 Å². The van der Waals surface area contributed by atoms with E-state index >= 15 is 0 Å². The van der Waals surface area contributed by atoms with E-state index < -0.39 is 15.8 Å². The molecule has 0 aliphatic heterocycles. The largest absolute Gasteiger partial charge is 0.344 e. The van der Waals surface area contributed by atoms with Gasteiger partial charge in [-0.2, -0.15) is 0 Å². The fraction of sp³-hybridized carbons (Fsp3) is 0.190. The minimum atomic E-state index is -3.56. The Morgan fingerprint density at radius 3 is 2.38 bits per heavy atom. The maximum atomic E-state index is 14.3. The lowest BCUT2D eigenvalue weighted by Gasteiger charge is -2.10. The molecular formula is C21H20ClFN2O3S. The van der Waals surface area contributed by atoms with Crippen molar-refractivity contribution in [1.82, 2.24) is 4.57 Å². The van der Waals surface area contributed by atoms with Crippen LogP contribution in [0, 0.1) is 12.7 Å². The first kappa shape index (κ1) is 21.1. The average Bonchev–Trinajstić information content (AvgIpc) is 2.90. The minimum absolute atomic E-state index is 0.0992. The van der Waals surface area contributed by atoms with E-state index in [2.05, 4.69) is 4.72 Å². The second-order valence-electron chi connectivity index (χ2n) is 6.93. The summed E-state index contributed by atoms with van der Waals surface area (Å²) in [6, 6.07) is 12.9. The summed E-state index contributed by atoms with van der Waals surface area (Å²) in [5, 5.41) is 0.557. The van der Waals surface area contributed by atoms with Gasteiger partial charge in [0.15, 0.2) is 0 Å². The summed E-state index contributed by atoms with van der Waals surface area (Å²) in [7, 11) is -1.77. The predicted octanol–water partition coefficient (Wildman–Crippen LogP) is 4.32. The van der Waals surface area contributed by atoms with Crippen molar-refractivity contribution in [2.45, 2.75) is 13.3 Å². The van der Waals surface area contributed by atoms with E-state index in [0.717, 1.165) is 17.5 Å². The lowest BCUT2D eigenvalue weighted by atomic mass is 10.1. The molecule has 152 valence electrons. The van der Waals surface area contributed by atoms with Gasteiger partial charge < -0.3 is 4.57 Å². The monoisotopic (exact) mass is 434 g/mol. The van der Waals surface area contributed by atoms with Crippen LogP contribution in [0.4, 0.5) is 10.1 Å². The molecule has 0 unspecified atom stereocenters. The van der Waals surface area contributed by atoms with Gasteiger partial charge in [0.2, 0.25) is 15.8 Å². The molecule has 1 aromatic heterocycles. The van der Waals surface area contributed by atoms with Gasteiger partial charge in [-0.3, -0.25) is 9.52 Å². The standard InChI is InChI=1S/C21H20ClFN2O3S/c1-13-10-17(11-14-4-9-19(18(23)12-14)24-29(3,27)28)25(2)20(13)21(26)15-5-7-16(22)8-6-15/h4-10,12,24H,11H2,1-3H3. The van der Waals surface area contributed by atoms with E-state index in [1.165, 1.54) is 12.1 Å². The molecule has 0 saturated carbocycles. The van der Waals surface area contributed by atoms with Crippen LogP contribution in [0.2, 0.25) is 5.02 Å². The first-order valence-electron chi connectivity index (χ1n) is 8.77. The lowest BCUT2D eigenvalue weighted by Crippen LogP contribution is -2.11. The van der Waals surface area contributed by atoms with Crippen molar-refractivity contribution in [3.05, 3.63) is 87.4 Å². The van der Waals surface area contributed by atoms with Crippen LogP contribution in [0.1, 0.15) is 32.9 Å². The Morgan fingerprint density at radius 2 is 1.79 bits per heavy atom. The summed E-state index contributed by atoms with van der Waals surface area (Å²) in [4.78, 5) is 12.9. The molecular weight excluding hydrogens is 415 g/mol. The van der Waals surface area contributed by atoms with Crippen molar-refractivity contribution in [2.24, 2.45) is 7.05 Å². The highest BCUT2D eigenvalue weighted by Gasteiger charge is 2.19. The fourth-order valence-electron chi connectivity index (χ4n) is 3.22. The van der Waals surface area contributed by atoms with Crippen LogP contribution >= 0.6 is 11.6 Å². The molecule has 29 heavy (non-hydrogen) atoms. The molecule has 0 bridgehead atoms. The van der Waals surface area contributed by atoms with Crippen molar-refractivity contribution in [3.8, 4) is 0 Å². The maximum absolute atomic E-state index is 14.3. The van der Waals surface area contributed by atoms with Gasteiger partial charge in [-0.1, -0.05) is 17.7 Å². The highest BCUT2D eigenvalue weighted by molar-refractivity contribution is 7.92. The number of halogens is 2. The van der Waals surface area contributed by atoms with Crippen molar-refractivity contribution >= 4 is 33.1 Å². The Bertz CT molecular complexity index is 1190. The van der Waals surface area contributed by atoms with Crippen LogP contribution in [-0.4, -0.2) is 25.0 Å². The molecule has 1 N–H and O–H groups in total. The van der Waals surface area contributed by atoms with Crippen molar-refractivity contribution in [1.29, 1.82) is 0 Å². The summed E-state index contributed by atoms with van der Waals surface area (Å²) in [5.41, 5.74) is 3.30. The molecule has 3 rings (SSSR count). The van der Waals surface area contributed by atoms with E-state index in [0.29, 0.717) is 28.3 Å². The minimum Gasteiger partial charge on any atom is -0.344 e. The van der Waals surface area contributed by atoms with Gasteiger partial charge in [-0.25, -0.2) is 12.8 Å². The Balaban J connectivity index is 1.88. The number of benzene rings is 2. The number of carbonyl (C=O) groups excluding carboxylic acids is 1. The SMILES string of the molecule is Cc1cc(Cc2ccc(NS(C)(=O)=O)c(F)c2)n(C)c1C(=O)c1ccc(Cl)cc1. The number of sulfonamides is 1. The van der Waals surface area contributed by atoms with Gasteiger partial charge in [-0.15, -0.1) is 0 Å². The summed E-state index contributed by atoms with van der Waals surface area (Å²) in [5.74, 6) is -0.775. The van der Waals surface area contributed by atoms with Gasteiger partial charge in [0, 0.05) is 29.7 Å². The maximum Gasteiger partial charge on any atom is 0.229 e. The summed E-state index contributed by atoms with van der Waals surface area (Å²) >= 11 is 5.89. The number of hydrogen-bond donors (Lipinski definition) is 1. The summed E-state index contributed by atoms with van der Waals surface area (Å²) in [6.45, 7) is 1.85. The molecule has 2 aromatic carbocycles. The first-order valence-corrected chi connectivity index (χ1v) is 11.0. The van der Waals surface area contributed by atoms with Crippen molar-refractivity contribution in [3.63, 3.8) is 0 Å². The van der Waals surface area contributed by atoms with Crippen LogP contribution in [-0.2, 0) is 23.5 Å². The van der Waals surface area contributed by atoms with Crippen LogP contribution in [0.15, 0.2) is 48.5 Å². The molecule has 0 spiro atoms. The molecule has 8 heteroatoms. The second kappa shape index (κ2) is 8.00. The zero-order valence-corrected chi connectivity index (χ0v) is 17.7. The normalized spacial score (nSPS) is 11.5. The van der Waals surface area contributed by atoms with Gasteiger partial charge >= 0.3 is 0 Å². The number of nitrogens with zero attached hydrogens (tertiary/aromatic N) is 1. The molecule has 0 amide bonds. The van der Waals surface area contributed by atoms with E-state index in [1.807, 2.05) is 13.0 Å². The number of ketones is 1. The Hall–Kier alpha value is -2.64. The van der Waals surface area contributed by atoms with Crippen molar-refractivity contribution in [2.75, 3.05) is 11.0 Å². The fourth-order valence-corrected chi connectivity index (χ4v) is 3.91. The Kier molecular flexibility index (Phi) is 5.82. The molecule has 0 aliphatic carbocycles. The number of rotatable bonds is 6. The molecule has 5 nitrogen and oxygen atoms in total. The van der Waals surface area contributed by atoms with Crippen LogP contribution in [0.5, 0.6) is 0 Å². The molecule has 0 aliphatic rings. The molecule has 3 aromatic rings. The lowest BCUT2D eigenvalue weighted by molar-refractivity contribution is 0.103. The van der Waals surface area contributed by atoms with Gasteiger partial charge in [0.05, 0.1) is 17.6 Å². The topological polar surface area (TPSA) is 68.2 Å². The average molecular weight is 435 g/mol. The van der Waals surface area contributed by atoms with E-state index in [4.69, 9.17) is 11.6 Å². The number of aromatic nitrogens is 1. The molecule has 0 fully saturated rings. The van der Waals surface area contributed by atoms with E-state index in [9.17, 15) is 17.6 Å². The third kappa shape index (κ3) is 4.86. The molecule has 0 saturated heterocycles. The quantitative estimate of drug-likeness (QED) is 0.587. The van der Waals surface area contributed by atoms with Gasteiger partial charge in [0.1, 0.15) is 5.82 Å². The zero-order valence-electron chi connectivity index (χ0n) is 16.2. The van der Waals surface area contributed by atoms with Crippen molar-refractivity contribution < 1.29 is 17.6 Å². The van der Waals surface area contributed by atoms with Crippen LogP contribution in [0.25, 0.3) is 0 Å². The van der Waals surface area contributed by atoms with Gasteiger partial charge in [-0.05, 0) is 60.5 Å². The number of anilines is 1. The summed E-state index contributed by atoms with van der Waals surface area (Å²) in [6.07, 6.45) is 1.35. The van der Waals surface area contributed by atoms with Crippen LogP contribution < -0.4 is 4.72 Å². The molecule has 1 heterocycles. The number of carbonyl (C=O) groups is 1. The highest BCUT2D eigenvalue weighted by Crippen LogP contribution is 2.23. The molecule has 0 atom stereocenters. The third-order valence-corrected chi connectivity index (χ3v) is 5.40. The van der Waals surface area contributed by atoms with Crippen LogP contribution in [0.3, 0.4) is 0 Å². The number of hydrogen-bond acceptors (Lipinski definition) is 3. The van der Waals surface area contributed by atoms with E-state index in [1.54, 1.807) is 41.9 Å². The third-order valence-electron chi connectivity index (χ3n) is 4.56. The number of aryl methyl sites for hydroxylation is 1. The molecule has 0 radical (unpaired) electrons. The summed E-state index contributed by atoms with van der Waals surface area (Å²) < 4.78 is 40.8. The van der Waals surface area contributed by atoms with E-state index in [-0.39, 0.29) is 11.5 Å². The zero-order chi connectivity index (χ0) is 21.3. The Morgan fingerprint density at radius 1 is 1.14 bits per heavy atom. The smallest absolute Gasteiger partial charge is 0.229 e. The van der Waals surface area contributed by atoms with Gasteiger partial charge in [0.25, 0.3) is 0 Å². The number of nitrogens with one attached hydrogen (secondary N) is 1. The first-order chi connectivity index (χ1) is 13.5. The second-order valence-corrected chi connectivity index (χ2v) is 9.11.